The van der Waals surface area contributed by atoms with Crippen LogP contribution in [0.4, 0.5) is 0 Å². The molecule has 0 radical (unpaired) electrons. The van der Waals surface area contributed by atoms with Crippen LogP contribution in [0.2, 0.25) is 0 Å². The van der Waals surface area contributed by atoms with Crippen molar-refractivity contribution in [1.29, 1.82) is 0 Å². The molecule has 2 aliphatic carbocycles. The van der Waals surface area contributed by atoms with Crippen molar-refractivity contribution >= 4 is 0 Å². The van der Waals surface area contributed by atoms with Gasteiger partial charge in [-0.05, 0) is 37.6 Å². The highest BCUT2D eigenvalue weighted by Crippen LogP contribution is 2.60. The monoisotopic (exact) mass is 249 g/mol. The first kappa shape index (κ1) is 12.2. The molecule has 4 nitrogen and oxygen atoms in total. The van der Waals surface area contributed by atoms with Gasteiger partial charge >= 0.3 is 0 Å². The lowest BCUT2D eigenvalue weighted by Crippen LogP contribution is -2.20. The zero-order valence-corrected chi connectivity index (χ0v) is 11.4. The number of rotatable bonds is 5. The normalized spacial score (nSPS) is 32.0. The van der Waals surface area contributed by atoms with E-state index in [4.69, 9.17) is 4.42 Å². The van der Waals surface area contributed by atoms with Crippen LogP contribution in [0.1, 0.15) is 69.7 Å². The molecule has 0 amide bonds. The second-order valence-electron chi connectivity index (χ2n) is 5.63. The van der Waals surface area contributed by atoms with Crippen molar-refractivity contribution in [3.8, 4) is 0 Å². The van der Waals surface area contributed by atoms with Crippen molar-refractivity contribution in [3.63, 3.8) is 0 Å². The second kappa shape index (κ2) is 5.00. The Morgan fingerprint density at radius 1 is 1.22 bits per heavy atom. The van der Waals surface area contributed by atoms with Crippen LogP contribution in [0.5, 0.6) is 0 Å². The first-order valence-electron chi connectivity index (χ1n) is 7.41. The van der Waals surface area contributed by atoms with Gasteiger partial charge in [-0.1, -0.05) is 26.7 Å². The number of fused-ring (bicyclic) bond motifs is 1. The molecule has 0 spiro atoms. The molecule has 3 atom stereocenters. The highest BCUT2D eigenvalue weighted by Gasteiger charge is 2.54. The Kier molecular flexibility index (Phi) is 3.37. The molecule has 0 saturated heterocycles. The number of aromatic nitrogens is 2. The lowest BCUT2D eigenvalue weighted by molar-refractivity contribution is 0.373. The van der Waals surface area contributed by atoms with Gasteiger partial charge in [0.1, 0.15) is 0 Å². The fourth-order valence-corrected chi connectivity index (χ4v) is 3.53. The van der Waals surface area contributed by atoms with Crippen LogP contribution in [0.3, 0.4) is 0 Å². The molecule has 0 aliphatic heterocycles. The molecule has 3 unspecified atom stereocenters. The van der Waals surface area contributed by atoms with Crippen molar-refractivity contribution in [2.75, 3.05) is 6.54 Å². The summed E-state index contributed by atoms with van der Waals surface area (Å²) in [5.74, 6) is 3.93. The van der Waals surface area contributed by atoms with Crippen LogP contribution in [0.25, 0.3) is 0 Å². The largest absolute Gasteiger partial charge is 0.423 e. The van der Waals surface area contributed by atoms with Gasteiger partial charge in [-0.3, -0.25) is 0 Å². The molecular formula is C14H23N3O. The second-order valence-corrected chi connectivity index (χ2v) is 5.63. The van der Waals surface area contributed by atoms with Crippen molar-refractivity contribution in [2.45, 2.75) is 57.9 Å². The Labute approximate surface area is 109 Å². The predicted molar refractivity (Wildman–Crippen MR) is 69.2 cm³/mol. The third-order valence-electron chi connectivity index (χ3n) is 4.55. The summed E-state index contributed by atoms with van der Waals surface area (Å²) in [4.78, 5) is 0. The maximum atomic E-state index is 5.92. The van der Waals surface area contributed by atoms with E-state index in [1.54, 1.807) is 0 Å². The van der Waals surface area contributed by atoms with Gasteiger partial charge < -0.3 is 9.73 Å². The van der Waals surface area contributed by atoms with Gasteiger partial charge in [0.15, 0.2) is 0 Å². The summed E-state index contributed by atoms with van der Waals surface area (Å²) in [6, 6.07) is 0.219. The minimum absolute atomic E-state index is 0.219. The smallest absolute Gasteiger partial charge is 0.233 e. The molecule has 1 aromatic rings. The summed E-state index contributed by atoms with van der Waals surface area (Å²) in [7, 11) is 0. The summed E-state index contributed by atoms with van der Waals surface area (Å²) in [6.07, 6.45) is 6.48. The minimum Gasteiger partial charge on any atom is -0.423 e. The highest BCUT2D eigenvalue weighted by molar-refractivity contribution is 5.14. The molecule has 2 saturated carbocycles. The number of hydrogen-bond acceptors (Lipinski definition) is 4. The molecule has 1 aromatic heterocycles. The Morgan fingerprint density at radius 3 is 2.56 bits per heavy atom. The van der Waals surface area contributed by atoms with Crippen LogP contribution >= 0.6 is 0 Å². The fraction of sp³-hybridized carbons (Fsp3) is 0.857. The predicted octanol–water partition coefficient (Wildman–Crippen LogP) is 3.03. The summed E-state index contributed by atoms with van der Waals surface area (Å²) in [6.45, 7) is 5.19. The molecule has 100 valence electrons. The highest BCUT2D eigenvalue weighted by atomic mass is 16.4. The first-order chi connectivity index (χ1) is 8.85. The van der Waals surface area contributed by atoms with E-state index in [1.807, 2.05) is 0 Å². The van der Waals surface area contributed by atoms with Gasteiger partial charge in [0.05, 0.1) is 6.04 Å². The molecule has 0 bridgehead atoms. The number of nitrogens with zero attached hydrogens (tertiary/aromatic N) is 2. The maximum Gasteiger partial charge on any atom is 0.233 e. The SMILES string of the molecule is CCNC(CC)c1nnc(C2C3CCCCC32)o1. The molecular weight excluding hydrogens is 226 g/mol. The van der Waals surface area contributed by atoms with E-state index in [0.717, 1.165) is 36.6 Å². The van der Waals surface area contributed by atoms with Crippen LogP contribution in [-0.4, -0.2) is 16.7 Å². The third-order valence-corrected chi connectivity index (χ3v) is 4.55. The van der Waals surface area contributed by atoms with E-state index < -0.39 is 0 Å². The first-order valence-corrected chi connectivity index (χ1v) is 7.41. The number of nitrogens with one attached hydrogen (secondary N) is 1. The quantitative estimate of drug-likeness (QED) is 0.871. The van der Waals surface area contributed by atoms with E-state index in [1.165, 1.54) is 25.7 Å². The molecule has 2 aliphatic rings. The van der Waals surface area contributed by atoms with E-state index >= 15 is 0 Å². The van der Waals surface area contributed by atoms with Crippen molar-refractivity contribution in [2.24, 2.45) is 11.8 Å². The van der Waals surface area contributed by atoms with Crippen LogP contribution in [0, 0.1) is 11.8 Å². The van der Waals surface area contributed by atoms with Crippen molar-refractivity contribution in [1.82, 2.24) is 15.5 Å². The third kappa shape index (κ3) is 2.07. The Balaban J connectivity index is 1.70. The molecule has 3 rings (SSSR count). The summed E-state index contributed by atoms with van der Waals surface area (Å²) in [5, 5.41) is 11.9. The lowest BCUT2D eigenvalue weighted by atomic mass is 10.0. The van der Waals surface area contributed by atoms with E-state index in [2.05, 4.69) is 29.4 Å². The van der Waals surface area contributed by atoms with Crippen LogP contribution < -0.4 is 5.32 Å². The van der Waals surface area contributed by atoms with Gasteiger partial charge in [0.25, 0.3) is 0 Å². The molecule has 1 N–H and O–H groups in total. The Bertz CT molecular complexity index is 391. The van der Waals surface area contributed by atoms with Crippen molar-refractivity contribution in [3.05, 3.63) is 11.8 Å². The van der Waals surface area contributed by atoms with Gasteiger partial charge in [-0.25, -0.2) is 0 Å². The topological polar surface area (TPSA) is 51.0 Å². The van der Waals surface area contributed by atoms with Crippen LogP contribution in [-0.2, 0) is 0 Å². The molecule has 2 fully saturated rings. The maximum absolute atomic E-state index is 5.92. The van der Waals surface area contributed by atoms with E-state index in [-0.39, 0.29) is 6.04 Å². The number of hydrogen-bond donors (Lipinski definition) is 1. The zero-order valence-electron chi connectivity index (χ0n) is 11.4. The molecule has 0 aromatic carbocycles. The molecule has 1 heterocycles. The fourth-order valence-electron chi connectivity index (χ4n) is 3.53. The van der Waals surface area contributed by atoms with Gasteiger partial charge in [-0.15, -0.1) is 10.2 Å². The average Bonchev–Trinajstić information content (AvgIpc) is 2.94. The van der Waals surface area contributed by atoms with Gasteiger partial charge in [0, 0.05) is 5.92 Å². The minimum atomic E-state index is 0.219. The average molecular weight is 249 g/mol. The van der Waals surface area contributed by atoms with E-state index in [9.17, 15) is 0 Å². The van der Waals surface area contributed by atoms with E-state index in [0.29, 0.717) is 5.92 Å². The molecule has 18 heavy (non-hydrogen) atoms. The summed E-state index contributed by atoms with van der Waals surface area (Å²) >= 11 is 0. The Hall–Kier alpha value is -0.900. The van der Waals surface area contributed by atoms with Gasteiger partial charge in [-0.2, -0.15) is 0 Å². The zero-order chi connectivity index (χ0) is 12.5. The molecule has 4 heteroatoms. The van der Waals surface area contributed by atoms with Gasteiger partial charge in [0.2, 0.25) is 11.8 Å². The standard InChI is InChI=1S/C14H23N3O/c1-3-11(15-4-2)13-16-17-14(18-13)12-9-7-5-6-8-10(9)12/h9-12,15H,3-8H2,1-2H3. The lowest BCUT2D eigenvalue weighted by Gasteiger charge is -2.09. The summed E-state index contributed by atoms with van der Waals surface area (Å²) in [5.41, 5.74) is 0. The van der Waals surface area contributed by atoms with Crippen molar-refractivity contribution < 1.29 is 4.42 Å². The Morgan fingerprint density at radius 2 is 1.94 bits per heavy atom. The summed E-state index contributed by atoms with van der Waals surface area (Å²) < 4.78 is 5.92. The van der Waals surface area contributed by atoms with Crippen LogP contribution in [0.15, 0.2) is 4.42 Å².